The molecule has 0 amide bonds. The molecule has 2 atom stereocenters. The van der Waals surface area contributed by atoms with Crippen LogP contribution < -0.4 is 0 Å². The summed E-state index contributed by atoms with van der Waals surface area (Å²) in [5, 5.41) is 20.3. The van der Waals surface area contributed by atoms with E-state index in [1.807, 2.05) is 0 Å². The zero-order chi connectivity index (χ0) is 15.1. The Morgan fingerprint density at radius 1 is 1.40 bits per heavy atom. The van der Waals surface area contributed by atoms with Crippen LogP contribution in [0.3, 0.4) is 0 Å². The van der Waals surface area contributed by atoms with E-state index in [0.717, 1.165) is 0 Å². The number of hydrogen-bond acceptors (Lipinski definition) is 4. The van der Waals surface area contributed by atoms with Gasteiger partial charge in [-0.15, -0.1) is 0 Å². The molecule has 0 bridgehead atoms. The maximum Gasteiger partial charge on any atom is 0.308 e. The number of halogens is 2. The van der Waals surface area contributed by atoms with E-state index in [1.165, 1.54) is 13.2 Å². The van der Waals surface area contributed by atoms with Crippen molar-refractivity contribution in [3.8, 4) is 0 Å². The number of aliphatic hydroxyl groups excluding tert-OH is 2. The fourth-order valence-electron chi connectivity index (χ4n) is 1.57. The van der Waals surface area contributed by atoms with Gasteiger partial charge in [0.15, 0.2) is 0 Å². The van der Waals surface area contributed by atoms with Crippen molar-refractivity contribution in [3.63, 3.8) is 0 Å². The highest BCUT2D eigenvalue weighted by Crippen LogP contribution is 2.22. The van der Waals surface area contributed by atoms with Crippen LogP contribution in [0.5, 0.6) is 0 Å². The normalized spacial score (nSPS) is 14.2. The van der Waals surface area contributed by atoms with Crippen LogP contribution in [-0.2, 0) is 9.53 Å². The quantitative estimate of drug-likeness (QED) is 0.791. The predicted molar refractivity (Wildman–Crippen MR) is 78.8 cm³/mol. The Morgan fingerprint density at radius 3 is 2.70 bits per heavy atom. The first-order valence-electron chi connectivity index (χ1n) is 5.98. The molecule has 1 rings (SSSR count). The predicted octanol–water partition coefficient (Wildman–Crippen LogP) is 2.68. The first-order valence-corrected chi connectivity index (χ1v) is 6.74. The highest BCUT2D eigenvalue weighted by Gasteiger charge is 2.14. The molecule has 0 spiro atoms. The van der Waals surface area contributed by atoms with Crippen molar-refractivity contribution in [1.29, 1.82) is 0 Å². The van der Waals surface area contributed by atoms with Gasteiger partial charge >= 0.3 is 5.97 Å². The number of carbonyl (C=O) groups excluding carboxylic acids is 1. The SMILES string of the molecule is COC(=O)C[C@H](O)C[C@H](O)/C=C/c1ccc(Cl)cc1Cl. The molecule has 0 aromatic heterocycles. The maximum absolute atomic E-state index is 10.9. The highest BCUT2D eigenvalue weighted by atomic mass is 35.5. The van der Waals surface area contributed by atoms with Gasteiger partial charge in [-0.25, -0.2) is 0 Å². The third-order valence-corrected chi connectivity index (χ3v) is 3.17. The smallest absolute Gasteiger partial charge is 0.308 e. The van der Waals surface area contributed by atoms with Crippen LogP contribution in [0.2, 0.25) is 10.0 Å². The van der Waals surface area contributed by atoms with Gasteiger partial charge in [0, 0.05) is 16.5 Å². The first-order chi connectivity index (χ1) is 9.42. The molecule has 110 valence electrons. The summed E-state index contributed by atoms with van der Waals surface area (Å²) in [5.41, 5.74) is 0.706. The number of methoxy groups -OCH3 is 1. The number of carbonyl (C=O) groups is 1. The summed E-state index contributed by atoms with van der Waals surface area (Å²) in [6.45, 7) is 0. The Morgan fingerprint density at radius 2 is 2.10 bits per heavy atom. The van der Waals surface area contributed by atoms with Crippen molar-refractivity contribution in [2.45, 2.75) is 25.0 Å². The Bertz CT molecular complexity index is 488. The number of rotatable bonds is 6. The molecular formula is C14H16Cl2O4. The summed E-state index contributed by atoms with van der Waals surface area (Å²) < 4.78 is 4.43. The lowest BCUT2D eigenvalue weighted by Crippen LogP contribution is -2.20. The molecule has 0 saturated carbocycles. The average molecular weight is 319 g/mol. The first kappa shape index (κ1) is 17.0. The number of hydrogen-bond donors (Lipinski definition) is 2. The fraction of sp³-hybridized carbons (Fsp3) is 0.357. The van der Waals surface area contributed by atoms with Gasteiger partial charge in [0.1, 0.15) is 0 Å². The lowest BCUT2D eigenvalue weighted by molar-refractivity contribution is -0.143. The average Bonchev–Trinajstić information content (AvgIpc) is 2.37. The minimum absolute atomic E-state index is 0.0385. The molecule has 0 aliphatic rings. The van der Waals surface area contributed by atoms with Gasteiger partial charge in [-0.2, -0.15) is 0 Å². The second-order valence-corrected chi connectivity index (χ2v) is 5.11. The monoisotopic (exact) mass is 318 g/mol. The van der Waals surface area contributed by atoms with Gasteiger partial charge in [-0.3, -0.25) is 4.79 Å². The summed E-state index contributed by atoms with van der Waals surface area (Å²) in [5.74, 6) is -0.519. The molecule has 1 aromatic carbocycles. The van der Waals surface area contributed by atoms with Crippen LogP contribution in [0.4, 0.5) is 0 Å². The number of ether oxygens (including phenoxy) is 1. The van der Waals surface area contributed by atoms with E-state index in [4.69, 9.17) is 23.2 Å². The molecule has 0 aliphatic carbocycles. The molecule has 20 heavy (non-hydrogen) atoms. The van der Waals surface area contributed by atoms with E-state index in [1.54, 1.807) is 24.3 Å². The lowest BCUT2D eigenvalue weighted by atomic mass is 10.1. The van der Waals surface area contributed by atoms with Crippen molar-refractivity contribution < 1.29 is 19.7 Å². The maximum atomic E-state index is 10.9. The van der Waals surface area contributed by atoms with Crippen LogP contribution in [0.15, 0.2) is 24.3 Å². The largest absolute Gasteiger partial charge is 0.469 e. The van der Waals surface area contributed by atoms with Crippen LogP contribution >= 0.6 is 23.2 Å². The van der Waals surface area contributed by atoms with Gasteiger partial charge in [0.25, 0.3) is 0 Å². The van der Waals surface area contributed by atoms with Crippen molar-refractivity contribution in [1.82, 2.24) is 0 Å². The van der Waals surface area contributed by atoms with Gasteiger partial charge in [0.05, 0.1) is 25.7 Å². The number of benzene rings is 1. The standard InChI is InChI=1S/C14H16Cl2O4/c1-20-14(19)8-12(18)7-11(17)5-3-9-2-4-10(15)6-13(9)16/h2-6,11-12,17-18H,7-8H2,1H3/b5-3+/t11-,12-/m1/s1. The minimum Gasteiger partial charge on any atom is -0.469 e. The topological polar surface area (TPSA) is 66.8 Å². The summed E-state index contributed by atoms with van der Waals surface area (Å²) in [6, 6.07) is 5.01. The van der Waals surface area contributed by atoms with Gasteiger partial charge < -0.3 is 14.9 Å². The minimum atomic E-state index is -0.956. The molecule has 2 N–H and O–H groups in total. The summed E-state index contributed by atoms with van der Waals surface area (Å²) in [6.07, 6.45) is 1.17. The summed E-state index contributed by atoms with van der Waals surface area (Å²) >= 11 is 11.8. The van der Waals surface area contributed by atoms with E-state index in [2.05, 4.69) is 4.74 Å². The van der Waals surface area contributed by atoms with Crippen LogP contribution in [0.1, 0.15) is 18.4 Å². The highest BCUT2D eigenvalue weighted by molar-refractivity contribution is 6.35. The molecule has 0 radical (unpaired) electrons. The van der Waals surface area contributed by atoms with Crippen molar-refractivity contribution in [2.75, 3.05) is 7.11 Å². The van der Waals surface area contributed by atoms with Crippen LogP contribution in [0.25, 0.3) is 6.08 Å². The molecule has 4 nitrogen and oxygen atoms in total. The summed E-state index contributed by atoms with van der Waals surface area (Å²) in [4.78, 5) is 10.9. The summed E-state index contributed by atoms with van der Waals surface area (Å²) in [7, 11) is 1.24. The van der Waals surface area contributed by atoms with Gasteiger partial charge in [-0.1, -0.05) is 41.4 Å². The van der Waals surface area contributed by atoms with Crippen molar-refractivity contribution in [2.24, 2.45) is 0 Å². The zero-order valence-electron chi connectivity index (χ0n) is 10.9. The third kappa shape index (κ3) is 5.92. The molecule has 6 heteroatoms. The Labute approximate surface area is 127 Å². The number of aliphatic hydroxyl groups is 2. The second-order valence-electron chi connectivity index (χ2n) is 4.26. The molecule has 0 heterocycles. The van der Waals surface area contributed by atoms with E-state index in [-0.39, 0.29) is 12.8 Å². The molecule has 0 unspecified atom stereocenters. The van der Waals surface area contributed by atoms with Crippen molar-refractivity contribution >= 4 is 35.2 Å². The van der Waals surface area contributed by atoms with E-state index in [0.29, 0.717) is 15.6 Å². The van der Waals surface area contributed by atoms with Gasteiger partial charge in [0.2, 0.25) is 0 Å². The molecular weight excluding hydrogens is 303 g/mol. The molecule has 1 aromatic rings. The van der Waals surface area contributed by atoms with E-state index < -0.39 is 18.2 Å². The lowest BCUT2D eigenvalue weighted by Gasteiger charge is -2.11. The third-order valence-electron chi connectivity index (χ3n) is 2.60. The Balaban J connectivity index is 2.54. The van der Waals surface area contributed by atoms with Crippen LogP contribution in [0, 0.1) is 0 Å². The number of esters is 1. The van der Waals surface area contributed by atoms with E-state index in [9.17, 15) is 15.0 Å². The molecule has 0 aliphatic heterocycles. The van der Waals surface area contributed by atoms with Crippen LogP contribution in [-0.4, -0.2) is 35.5 Å². The Kier molecular flexibility index (Phi) is 7.02. The Hall–Kier alpha value is -1.07. The fourth-order valence-corrected chi connectivity index (χ4v) is 2.04. The molecule has 0 saturated heterocycles. The van der Waals surface area contributed by atoms with Gasteiger partial charge in [-0.05, 0) is 17.7 Å². The van der Waals surface area contributed by atoms with Crippen molar-refractivity contribution in [3.05, 3.63) is 39.9 Å². The molecule has 0 fully saturated rings. The van der Waals surface area contributed by atoms with E-state index >= 15 is 0 Å². The zero-order valence-corrected chi connectivity index (χ0v) is 12.4. The second kappa shape index (κ2) is 8.27.